The highest BCUT2D eigenvalue weighted by Crippen LogP contribution is 2.28. The van der Waals surface area contributed by atoms with Gasteiger partial charge in [-0.2, -0.15) is 0 Å². The van der Waals surface area contributed by atoms with Crippen LogP contribution in [0.3, 0.4) is 0 Å². The van der Waals surface area contributed by atoms with Crippen LogP contribution < -0.4 is 5.32 Å². The van der Waals surface area contributed by atoms with Gasteiger partial charge in [-0.25, -0.2) is 0 Å². The standard InChI is InChI=1S/C20H25NSi/c1-5-22(6-2,7-3)20-18-14-15(4)12-13-16(18)17-10-8-9-11-19(17)21-20/h8-14H,5-7H2,1-4H3. The van der Waals surface area contributed by atoms with E-state index in [1.165, 1.54) is 45.2 Å². The Morgan fingerprint density at radius 3 is 2.18 bits per heavy atom. The number of aromatic nitrogens is 1. The molecule has 2 aromatic carbocycles. The fourth-order valence-corrected chi connectivity index (χ4v) is 7.37. The number of para-hydroxylation sites is 1. The first-order chi connectivity index (χ1) is 10.6. The van der Waals surface area contributed by atoms with E-state index in [-0.39, 0.29) is 0 Å². The van der Waals surface area contributed by atoms with Gasteiger partial charge in [-0.05, 0) is 23.8 Å². The Hall–Kier alpha value is -1.67. The summed E-state index contributed by atoms with van der Waals surface area (Å²) in [4.78, 5) is 5.19. The zero-order chi connectivity index (χ0) is 15.7. The van der Waals surface area contributed by atoms with E-state index < -0.39 is 8.07 Å². The Morgan fingerprint density at radius 1 is 0.818 bits per heavy atom. The van der Waals surface area contributed by atoms with Gasteiger partial charge in [0.15, 0.2) is 0 Å². The summed E-state index contributed by atoms with van der Waals surface area (Å²) in [5, 5.41) is 5.49. The Bertz CT molecular complexity index is 810. The molecule has 0 aliphatic rings. The molecule has 3 aromatic rings. The van der Waals surface area contributed by atoms with E-state index in [2.05, 4.69) is 70.2 Å². The first kappa shape index (κ1) is 15.2. The summed E-state index contributed by atoms with van der Waals surface area (Å²) in [6.07, 6.45) is 0. The topological polar surface area (TPSA) is 12.9 Å². The van der Waals surface area contributed by atoms with Crippen molar-refractivity contribution < 1.29 is 0 Å². The van der Waals surface area contributed by atoms with Crippen molar-refractivity contribution in [2.45, 2.75) is 45.8 Å². The van der Waals surface area contributed by atoms with E-state index in [9.17, 15) is 0 Å². The van der Waals surface area contributed by atoms with Gasteiger partial charge in [0, 0.05) is 10.7 Å². The lowest BCUT2D eigenvalue weighted by molar-refractivity contribution is 1.18. The van der Waals surface area contributed by atoms with Gasteiger partial charge in [-0.1, -0.05) is 80.9 Å². The molecule has 0 saturated heterocycles. The largest absolute Gasteiger partial charge is 0.257 e. The van der Waals surface area contributed by atoms with Gasteiger partial charge in [0.25, 0.3) is 0 Å². The van der Waals surface area contributed by atoms with Crippen LogP contribution in [-0.2, 0) is 0 Å². The second-order valence-corrected chi connectivity index (χ2v) is 11.5. The van der Waals surface area contributed by atoms with Crippen molar-refractivity contribution >= 4 is 35.1 Å². The summed E-state index contributed by atoms with van der Waals surface area (Å²) in [6.45, 7) is 9.26. The van der Waals surface area contributed by atoms with Gasteiger partial charge < -0.3 is 0 Å². The van der Waals surface area contributed by atoms with Crippen LogP contribution in [0.15, 0.2) is 42.5 Å². The molecule has 22 heavy (non-hydrogen) atoms. The maximum absolute atomic E-state index is 5.19. The van der Waals surface area contributed by atoms with Gasteiger partial charge in [0.2, 0.25) is 0 Å². The Balaban J connectivity index is 2.48. The average Bonchev–Trinajstić information content (AvgIpc) is 2.56. The number of nitrogens with zero attached hydrogens (tertiary/aromatic N) is 1. The van der Waals surface area contributed by atoms with Gasteiger partial charge in [0.1, 0.15) is 8.07 Å². The highest BCUT2D eigenvalue weighted by molar-refractivity contribution is 6.92. The van der Waals surface area contributed by atoms with Gasteiger partial charge >= 0.3 is 0 Å². The van der Waals surface area contributed by atoms with Crippen molar-refractivity contribution in [3.05, 3.63) is 48.0 Å². The summed E-state index contributed by atoms with van der Waals surface area (Å²) in [7, 11) is -1.51. The molecule has 1 nitrogen and oxygen atoms in total. The second kappa shape index (κ2) is 5.84. The second-order valence-electron chi connectivity index (χ2n) is 6.37. The maximum atomic E-state index is 5.19. The molecule has 0 fully saturated rings. The highest BCUT2D eigenvalue weighted by atomic mass is 28.3. The molecule has 0 aliphatic heterocycles. The molecule has 0 aliphatic carbocycles. The molecule has 0 unspecified atom stereocenters. The third-order valence-corrected chi connectivity index (χ3v) is 10.8. The molecule has 1 aromatic heterocycles. The third kappa shape index (κ3) is 2.26. The van der Waals surface area contributed by atoms with Gasteiger partial charge in [0.05, 0.1) is 5.52 Å². The number of hydrogen-bond acceptors (Lipinski definition) is 1. The molecule has 0 bridgehead atoms. The predicted molar refractivity (Wildman–Crippen MR) is 101 cm³/mol. The van der Waals surface area contributed by atoms with Crippen molar-refractivity contribution in [2.24, 2.45) is 0 Å². The molecule has 0 spiro atoms. The Kier molecular flexibility index (Phi) is 4.05. The highest BCUT2D eigenvalue weighted by Gasteiger charge is 2.33. The van der Waals surface area contributed by atoms with E-state index in [0.717, 1.165) is 5.52 Å². The monoisotopic (exact) mass is 307 g/mol. The molecule has 0 atom stereocenters. The van der Waals surface area contributed by atoms with E-state index in [0.29, 0.717) is 0 Å². The molecule has 0 amide bonds. The minimum Gasteiger partial charge on any atom is -0.257 e. The zero-order valence-electron chi connectivity index (χ0n) is 14.1. The van der Waals surface area contributed by atoms with Crippen molar-refractivity contribution in [3.8, 4) is 0 Å². The van der Waals surface area contributed by atoms with Crippen LogP contribution >= 0.6 is 0 Å². The zero-order valence-corrected chi connectivity index (χ0v) is 15.1. The number of aryl methyl sites for hydroxylation is 1. The molecular formula is C20H25NSi. The van der Waals surface area contributed by atoms with Crippen molar-refractivity contribution in [1.29, 1.82) is 0 Å². The third-order valence-electron chi connectivity index (χ3n) is 5.39. The summed E-state index contributed by atoms with van der Waals surface area (Å²) in [6, 6.07) is 19.3. The first-order valence-electron chi connectivity index (χ1n) is 8.44. The molecular weight excluding hydrogens is 282 g/mol. The minimum atomic E-state index is -1.51. The molecule has 0 saturated carbocycles. The average molecular weight is 308 g/mol. The van der Waals surface area contributed by atoms with Crippen molar-refractivity contribution in [1.82, 2.24) is 4.98 Å². The molecule has 114 valence electrons. The lowest BCUT2D eigenvalue weighted by Crippen LogP contribution is -2.48. The number of fused-ring (bicyclic) bond motifs is 3. The molecule has 2 heteroatoms. The maximum Gasteiger partial charge on any atom is 0.110 e. The number of hydrogen-bond donors (Lipinski definition) is 0. The van der Waals surface area contributed by atoms with E-state index in [1.807, 2.05) is 0 Å². The van der Waals surface area contributed by atoms with E-state index in [1.54, 1.807) is 0 Å². The lowest BCUT2D eigenvalue weighted by atomic mass is 10.0. The molecule has 0 radical (unpaired) electrons. The lowest BCUT2D eigenvalue weighted by Gasteiger charge is -2.29. The first-order valence-corrected chi connectivity index (χ1v) is 11.1. The summed E-state index contributed by atoms with van der Waals surface area (Å²) < 4.78 is 0. The van der Waals surface area contributed by atoms with Crippen LogP contribution in [0.1, 0.15) is 26.3 Å². The normalized spacial score (nSPS) is 12.2. The van der Waals surface area contributed by atoms with Crippen molar-refractivity contribution in [3.63, 3.8) is 0 Å². The molecule has 1 heterocycles. The number of benzene rings is 2. The molecule has 0 N–H and O–H groups in total. The summed E-state index contributed by atoms with van der Waals surface area (Å²) in [5.41, 5.74) is 2.48. The van der Waals surface area contributed by atoms with Crippen LogP contribution in [0, 0.1) is 6.92 Å². The van der Waals surface area contributed by atoms with Crippen molar-refractivity contribution in [2.75, 3.05) is 0 Å². The van der Waals surface area contributed by atoms with Crippen LogP contribution in [0.5, 0.6) is 0 Å². The predicted octanol–water partition coefficient (Wildman–Crippen LogP) is 5.41. The SMILES string of the molecule is CC[Si](CC)(CC)c1nc2ccccc2c2ccc(C)cc12. The van der Waals surface area contributed by atoms with Crippen LogP contribution in [-0.4, -0.2) is 13.1 Å². The molecule has 3 rings (SSSR count). The Morgan fingerprint density at radius 2 is 1.50 bits per heavy atom. The van der Waals surface area contributed by atoms with Gasteiger partial charge in [-0.3, -0.25) is 4.98 Å². The fraction of sp³-hybridized carbons (Fsp3) is 0.350. The Labute approximate surface area is 134 Å². The number of rotatable bonds is 4. The van der Waals surface area contributed by atoms with Gasteiger partial charge in [-0.15, -0.1) is 0 Å². The van der Waals surface area contributed by atoms with Crippen LogP contribution in [0.2, 0.25) is 18.1 Å². The smallest absolute Gasteiger partial charge is 0.110 e. The summed E-state index contributed by atoms with van der Waals surface area (Å²) >= 11 is 0. The summed E-state index contributed by atoms with van der Waals surface area (Å²) in [5.74, 6) is 0. The minimum absolute atomic E-state index is 1.15. The fourth-order valence-electron chi connectivity index (χ4n) is 3.73. The van der Waals surface area contributed by atoms with E-state index >= 15 is 0 Å². The van der Waals surface area contributed by atoms with Crippen LogP contribution in [0.25, 0.3) is 21.7 Å². The van der Waals surface area contributed by atoms with E-state index in [4.69, 9.17) is 4.98 Å². The number of pyridine rings is 1. The van der Waals surface area contributed by atoms with Crippen LogP contribution in [0.4, 0.5) is 0 Å². The quantitative estimate of drug-likeness (QED) is 0.464.